The van der Waals surface area contributed by atoms with Gasteiger partial charge in [0.2, 0.25) is 0 Å². The van der Waals surface area contributed by atoms with Gasteiger partial charge >= 0.3 is 6.18 Å². The maximum Gasteiger partial charge on any atom is 0.418 e. The van der Waals surface area contributed by atoms with Crippen LogP contribution in [0.3, 0.4) is 0 Å². The molecule has 0 saturated carbocycles. The van der Waals surface area contributed by atoms with E-state index in [1.807, 2.05) is 0 Å². The Morgan fingerprint density at radius 2 is 1.63 bits per heavy atom. The summed E-state index contributed by atoms with van der Waals surface area (Å²) in [5.41, 5.74) is -0.756. The van der Waals surface area contributed by atoms with E-state index in [1.165, 1.54) is 54.7 Å². The van der Waals surface area contributed by atoms with Crippen molar-refractivity contribution < 1.29 is 22.4 Å². The van der Waals surface area contributed by atoms with Crippen LogP contribution in [-0.4, -0.2) is 10.9 Å². The average Bonchev–Trinajstić information content (AvgIpc) is 2.63. The van der Waals surface area contributed by atoms with Crippen LogP contribution in [-0.2, 0) is 6.18 Å². The van der Waals surface area contributed by atoms with Gasteiger partial charge in [-0.3, -0.25) is 4.79 Å². The molecule has 2 aromatic carbocycles. The highest BCUT2D eigenvalue weighted by atomic mass is 19.4. The maximum absolute atomic E-state index is 13.6. The van der Waals surface area contributed by atoms with Crippen LogP contribution in [0.4, 0.5) is 34.8 Å². The molecule has 0 saturated heterocycles. The summed E-state index contributed by atoms with van der Waals surface area (Å²) in [6.07, 6.45) is -3.23. The lowest BCUT2D eigenvalue weighted by atomic mass is 10.1. The van der Waals surface area contributed by atoms with Gasteiger partial charge in [0.1, 0.15) is 11.6 Å². The molecule has 0 aliphatic carbocycles. The van der Waals surface area contributed by atoms with Crippen LogP contribution in [0.2, 0.25) is 0 Å². The van der Waals surface area contributed by atoms with Gasteiger partial charge in [-0.05, 0) is 36.4 Å². The Morgan fingerprint density at radius 1 is 0.926 bits per heavy atom. The molecule has 1 heterocycles. The number of carbonyl (C=O) groups is 1. The zero-order valence-electron chi connectivity index (χ0n) is 13.7. The van der Waals surface area contributed by atoms with Gasteiger partial charge < -0.3 is 10.6 Å². The third-order valence-corrected chi connectivity index (χ3v) is 3.64. The number of benzene rings is 2. The highest BCUT2D eigenvalue weighted by Crippen LogP contribution is 2.35. The lowest BCUT2D eigenvalue weighted by Crippen LogP contribution is -2.14. The van der Waals surface area contributed by atoms with Crippen LogP contribution >= 0.6 is 0 Å². The first-order valence-corrected chi connectivity index (χ1v) is 7.80. The summed E-state index contributed by atoms with van der Waals surface area (Å²) in [7, 11) is 0. The van der Waals surface area contributed by atoms with Crippen molar-refractivity contribution >= 4 is 23.1 Å². The van der Waals surface area contributed by atoms with Gasteiger partial charge in [0, 0.05) is 0 Å². The van der Waals surface area contributed by atoms with E-state index in [-0.39, 0.29) is 17.1 Å². The predicted molar refractivity (Wildman–Crippen MR) is 93.3 cm³/mol. The average molecular weight is 375 g/mol. The minimum absolute atomic E-state index is 0.116. The number of halogens is 4. The predicted octanol–water partition coefficient (Wildman–Crippen LogP) is 5.24. The fourth-order valence-electron chi connectivity index (χ4n) is 2.37. The summed E-state index contributed by atoms with van der Waals surface area (Å²) in [5.74, 6) is -1.21. The zero-order chi connectivity index (χ0) is 19.4. The number of nitrogens with one attached hydrogen (secondary N) is 2. The van der Waals surface area contributed by atoms with Crippen LogP contribution in [0, 0.1) is 5.82 Å². The number of hydrogen-bond acceptors (Lipinski definition) is 3. The standard InChI is InChI=1S/C19H13F4N3O/c20-15-7-3-1-5-13(15)18(27)26-17-10-9-12(11-24-17)25-16-8-4-2-6-14(16)19(21,22)23/h1-11,25H,(H,24,26,27). The first-order valence-electron chi connectivity index (χ1n) is 7.80. The molecule has 1 aromatic heterocycles. The fourth-order valence-corrected chi connectivity index (χ4v) is 2.37. The van der Waals surface area contributed by atoms with Crippen molar-refractivity contribution in [2.75, 3.05) is 10.6 Å². The summed E-state index contributed by atoms with van der Waals surface area (Å²) >= 11 is 0. The van der Waals surface area contributed by atoms with Crippen molar-refractivity contribution in [2.24, 2.45) is 0 Å². The second-order valence-electron chi connectivity index (χ2n) is 5.53. The number of aromatic nitrogens is 1. The van der Waals surface area contributed by atoms with Crippen molar-refractivity contribution in [3.05, 3.63) is 83.8 Å². The van der Waals surface area contributed by atoms with Crippen LogP contribution in [0.1, 0.15) is 15.9 Å². The fraction of sp³-hybridized carbons (Fsp3) is 0.0526. The highest BCUT2D eigenvalue weighted by Gasteiger charge is 2.33. The summed E-state index contributed by atoms with van der Waals surface area (Å²) in [5, 5.41) is 5.07. The van der Waals surface area contributed by atoms with E-state index >= 15 is 0 Å². The van der Waals surface area contributed by atoms with E-state index in [0.29, 0.717) is 5.69 Å². The molecule has 2 N–H and O–H groups in total. The number of para-hydroxylation sites is 1. The Hall–Kier alpha value is -3.42. The Morgan fingerprint density at radius 3 is 2.30 bits per heavy atom. The van der Waals surface area contributed by atoms with Crippen molar-refractivity contribution in [2.45, 2.75) is 6.18 Å². The molecule has 0 fully saturated rings. The first kappa shape index (κ1) is 18.4. The van der Waals surface area contributed by atoms with Crippen LogP contribution in [0.5, 0.6) is 0 Å². The number of amides is 1. The van der Waals surface area contributed by atoms with Gasteiger partial charge in [0.05, 0.1) is 28.7 Å². The highest BCUT2D eigenvalue weighted by molar-refractivity contribution is 6.03. The third-order valence-electron chi connectivity index (χ3n) is 3.64. The molecule has 27 heavy (non-hydrogen) atoms. The lowest BCUT2D eigenvalue weighted by molar-refractivity contribution is -0.136. The molecule has 0 atom stereocenters. The van der Waals surface area contributed by atoms with E-state index in [0.717, 1.165) is 12.1 Å². The van der Waals surface area contributed by atoms with Crippen molar-refractivity contribution in [1.29, 1.82) is 0 Å². The quantitative estimate of drug-likeness (QED) is 0.614. The van der Waals surface area contributed by atoms with Crippen LogP contribution in [0.25, 0.3) is 0 Å². The molecule has 4 nitrogen and oxygen atoms in total. The summed E-state index contributed by atoms with van der Waals surface area (Å²) in [4.78, 5) is 16.0. The number of rotatable bonds is 4. The summed E-state index contributed by atoms with van der Waals surface area (Å²) in [6.45, 7) is 0. The second kappa shape index (κ2) is 7.45. The van der Waals surface area contributed by atoms with E-state index in [4.69, 9.17) is 0 Å². The van der Waals surface area contributed by atoms with Gasteiger partial charge in [-0.2, -0.15) is 13.2 Å². The van der Waals surface area contributed by atoms with Gasteiger partial charge in [-0.15, -0.1) is 0 Å². The summed E-state index contributed by atoms with van der Waals surface area (Å²) in [6, 6.07) is 13.4. The van der Waals surface area contributed by atoms with Crippen LogP contribution < -0.4 is 10.6 Å². The molecular weight excluding hydrogens is 362 g/mol. The Bertz CT molecular complexity index is 956. The van der Waals surface area contributed by atoms with E-state index in [9.17, 15) is 22.4 Å². The Kier molecular flexibility index (Phi) is 5.07. The molecule has 138 valence electrons. The first-order chi connectivity index (χ1) is 12.8. The Balaban J connectivity index is 1.73. The molecule has 0 unspecified atom stereocenters. The largest absolute Gasteiger partial charge is 0.418 e. The second-order valence-corrected chi connectivity index (χ2v) is 5.53. The topological polar surface area (TPSA) is 54.0 Å². The van der Waals surface area contributed by atoms with Gasteiger partial charge in [-0.25, -0.2) is 9.37 Å². The number of carbonyl (C=O) groups excluding carboxylic acids is 1. The minimum Gasteiger partial charge on any atom is -0.354 e. The SMILES string of the molecule is O=C(Nc1ccc(Nc2ccccc2C(F)(F)F)cn1)c1ccccc1F. The smallest absolute Gasteiger partial charge is 0.354 e. The molecule has 8 heteroatoms. The number of pyridine rings is 1. The zero-order valence-corrected chi connectivity index (χ0v) is 13.7. The molecule has 0 bridgehead atoms. The maximum atomic E-state index is 13.6. The lowest BCUT2D eigenvalue weighted by Gasteiger charge is -2.14. The number of alkyl halides is 3. The van der Waals surface area contributed by atoms with E-state index in [2.05, 4.69) is 15.6 Å². The number of anilines is 3. The number of hydrogen-bond donors (Lipinski definition) is 2. The van der Waals surface area contributed by atoms with Gasteiger partial charge in [0.15, 0.2) is 0 Å². The van der Waals surface area contributed by atoms with Crippen LogP contribution in [0.15, 0.2) is 66.9 Å². The molecule has 0 aliphatic heterocycles. The van der Waals surface area contributed by atoms with Gasteiger partial charge in [0.25, 0.3) is 5.91 Å². The van der Waals surface area contributed by atoms with Crippen molar-refractivity contribution in [1.82, 2.24) is 4.98 Å². The molecule has 1 amide bonds. The van der Waals surface area contributed by atoms with Crippen molar-refractivity contribution in [3.8, 4) is 0 Å². The molecule has 0 aliphatic rings. The Labute approximate surface area is 151 Å². The third kappa shape index (κ3) is 4.41. The molecule has 0 spiro atoms. The molecule has 0 radical (unpaired) electrons. The molecule has 3 aromatic rings. The minimum atomic E-state index is -4.50. The summed E-state index contributed by atoms with van der Waals surface area (Å²) < 4.78 is 52.7. The molecular formula is C19H13F4N3O. The van der Waals surface area contributed by atoms with E-state index in [1.54, 1.807) is 0 Å². The molecule has 3 rings (SSSR count). The monoisotopic (exact) mass is 375 g/mol. The van der Waals surface area contributed by atoms with Gasteiger partial charge in [-0.1, -0.05) is 24.3 Å². The van der Waals surface area contributed by atoms with Crippen molar-refractivity contribution in [3.63, 3.8) is 0 Å². The normalized spacial score (nSPS) is 11.1. The number of nitrogens with zero attached hydrogens (tertiary/aromatic N) is 1. The van der Waals surface area contributed by atoms with E-state index < -0.39 is 23.5 Å².